The molecule has 94 valence electrons. The molecule has 2 heterocycles. The number of rotatable bonds is 3. The predicted molar refractivity (Wildman–Crippen MR) is 68.8 cm³/mol. The molecule has 18 heavy (non-hydrogen) atoms. The summed E-state index contributed by atoms with van der Waals surface area (Å²) in [6.45, 7) is 0.874. The van der Waals surface area contributed by atoms with E-state index in [0.29, 0.717) is 11.8 Å². The molecule has 0 aliphatic heterocycles. The second-order valence-electron chi connectivity index (χ2n) is 5.73. The van der Waals surface area contributed by atoms with Gasteiger partial charge in [-0.05, 0) is 37.7 Å². The molecule has 0 unspecified atom stereocenters. The van der Waals surface area contributed by atoms with Gasteiger partial charge in [0.2, 0.25) is 0 Å². The molecule has 2 aromatic rings. The van der Waals surface area contributed by atoms with Gasteiger partial charge in [0.1, 0.15) is 5.52 Å². The average Bonchev–Trinajstić information content (AvgIpc) is 3.06. The SMILES string of the molecule is O=c1c2cc(C3CC3)nn2ccn1CC1CCC1. The largest absolute Gasteiger partial charge is 0.312 e. The molecular weight excluding hydrogens is 226 g/mol. The number of hydrogen-bond donors (Lipinski definition) is 0. The minimum absolute atomic E-state index is 0.115. The van der Waals surface area contributed by atoms with Crippen LogP contribution in [0.5, 0.6) is 0 Å². The van der Waals surface area contributed by atoms with E-state index >= 15 is 0 Å². The fourth-order valence-electron chi connectivity index (χ4n) is 2.72. The Balaban J connectivity index is 1.75. The minimum atomic E-state index is 0.115. The number of nitrogens with zero attached hydrogens (tertiary/aromatic N) is 3. The minimum Gasteiger partial charge on any atom is -0.312 e. The van der Waals surface area contributed by atoms with Crippen molar-refractivity contribution in [3.05, 3.63) is 34.5 Å². The molecule has 2 aromatic heterocycles. The van der Waals surface area contributed by atoms with Gasteiger partial charge in [-0.3, -0.25) is 4.79 Å². The van der Waals surface area contributed by atoms with Crippen LogP contribution < -0.4 is 5.56 Å². The van der Waals surface area contributed by atoms with Crippen LogP contribution in [0.3, 0.4) is 0 Å². The quantitative estimate of drug-likeness (QED) is 0.828. The van der Waals surface area contributed by atoms with E-state index in [4.69, 9.17) is 0 Å². The van der Waals surface area contributed by atoms with E-state index in [2.05, 4.69) is 5.10 Å². The van der Waals surface area contributed by atoms with E-state index < -0.39 is 0 Å². The first kappa shape index (κ1) is 10.4. The first-order chi connectivity index (χ1) is 8.81. The van der Waals surface area contributed by atoms with Gasteiger partial charge in [0.15, 0.2) is 0 Å². The normalized spacial score (nSPS) is 20.2. The van der Waals surface area contributed by atoms with E-state index in [0.717, 1.165) is 17.8 Å². The summed E-state index contributed by atoms with van der Waals surface area (Å²) in [4.78, 5) is 12.4. The van der Waals surface area contributed by atoms with E-state index in [1.807, 2.05) is 23.0 Å². The van der Waals surface area contributed by atoms with Crippen LogP contribution in [0, 0.1) is 5.92 Å². The van der Waals surface area contributed by atoms with Crippen LogP contribution in [0.1, 0.15) is 43.7 Å². The van der Waals surface area contributed by atoms with Gasteiger partial charge in [0, 0.05) is 24.9 Å². The van der Waals surface area contributed by atoms with Crippen molar-refractivity contribution in [1.82, 2.24) is 14.2 Å². The summed E-state index contributed by atoms with van der Waals surface area (Å²) in [5.74, 6) is 1.31. The van der Waals surface area contributed by atoms with Crippen LogP contribution in [0.2, 0.25) is 0 Å². The number of fused-ring (bicyclic) bond motifs is 1. The van der Waals surface area contributed by atoms with Crippen LogP contribution >= 0.6 is 0 Å². The second-order valence-corrected chi connectivity index (χ2v) is 5.73. The molecular formula is C14H17N3O. The van der Waals surface area contributed by atoms with Gasteiger partial charge in [0.25, 0.3) is 5.56 Å². The third-order valence-corrected chi connectivity index (χ3v) is 4.30. The lowest BCUT2D eigenvalue weighted by molar-refractivity contribution is 0.273. The Morgan fingerprint density at radius 2 is 2.06 bits per heavy atom. The molecule has 0 amide bonds. The molecule has 4 nitrogen and oxygen atoms in total. The highest BCUT2D eigenvalue weighted by Gasteiger charge is 2.27. The van der Waals surface area contributed by atoms with Crippen LogP contribution in [0.25, 0.3) is 5.52 Å². The smallest absolute Gasteiger partial charge is 0.276 e. The molecule has 0 aromatic carbocycles. The lowest BCUT2D eigenvalue weighted by Crippen LogP contribution is -2.27. The van der Waals surface area contributed by atoms with E-state index in [1.54, 1.807) is 4.52 Å². The Kier molecular flexibility index (Phi) is 2.13. The van der Waals surface area contributed by atoms with Gasteiger partial charge in [0.05, 0.1) is 5.69 Å². The van der Waals surface area contributed by atoms with Gasteiger partial charge in [-0.1, -0.05) is 6.42 Å². The Morgan fingerprint density at radius 1 is 1.22 bits per heavy atom. The third kappa shape index (κ3) is 1.59. The van der Waals surface area contributed by atoms with Crippen molar-refractivity contribution < 1.29 is 0 Å². The van der Waals surface area contributed by atoms with Crippen LogP contribution in [0.4, 0.5) is 0 Å². The molecule has 2 aliphatic carbocycles. The molecule has 0 bridgehead atoms. The molecule has 2 saturated carbocycles. The van der Waals surface area contributed by atoms with Crippen molar-refractivity contribution >= 4 is 5.52 Å². The maximum atomic E-state index is 12.4. The highest BCUT2D eigenvalue weighted by Crippen LogP contribution is 2.39. The molecule has 2 aliphatic rings. The molecule has 0 N–H and O–H groups in total. The molecule has 0 saturated heterocycles. The van der Waals surface area contributed by atoms with Crippen molar-refractivity contribution in [1.29, 1.82) is 0 Å². The van der Waals surface area contributed by atoms with Crippen molar-refractivity contribution in [3.63, 3.8) is 0 Å². The second kappa shape index (κ2) is 3.70. The summed E-state index contributed by atoms with van der Waals surface area (Å²) >= 11 is 0. The fraction of sp³-hybridized carbons (Fsp3) is 0.571. The summed E-state index contributed by atoms with van der Waals surface area (Å²) in [6, 6.07) is 1.98. The highest BCUT2D eigenvalue weighted by atomic mass is 16.1. The van der Waals surface area contributed by atoms with Gasteiger partial charge in [-0.15, -0.1) is 0 Å². The Morgan fingerprint density at radius 3 is 2.72 bits per heavy atom. The molecule has 0 spiro atoms. The summed E-state index contributed by atoms with van der Waals surface area (Å²) in [7, 11) is 0. The first-order valence-electron chi connectivity index (χ1n) is 6.90. The zero-order chi connectivity index (χ0) is 12.1. The predicted octanol–water partition coefficient (Wildman–Crippen LogP) is 2.17. The maximum Gasteiger partial charge on any atom is 0.276 e. The Labute approximate surface area is 105 Å². The lowest BCUT2D eigenvalue weighted by atomic mass is 9.85. The van der Waals surface area contributed by atoms with E-state index in [-0.39, 0.29) is 5.56 Å². The standard InChI is InChI=1S/C14H17N3O/c18-14-13-8-12(11-4-5-11)15-17(13)7-6-16(14)9-10-2-1-3-10/h6-8,10-11H,1-5,9H2. The molecule has 2 fully saturated rings. The van der Waals surface area contributed by atoms with E-state index in [1.165, 1.54) is 32.1 Å². The maximum absolute atomic E-state index is 12.4. The molecule has 4 rings (SSSR count). The molecule has 0 radical (unpaired) electrons. The molecule has 0 atom stereocenters. The first-order valence-corrected chi connectivity index (χ1v) is 6.90. The summed E-state index contributed by atoms with van der Waals surface area (Å²) in [6.07, 6.45) is 10.1. The van der Waals surface area contributed by atoms with Crippen molar-refractivity contribution in [2.75, 3.05) is 0 Å². The molecule has 4 heteroatoms. The lowest BCUT2D eigenvalue weighted by Gasteiger charge is -2.25. The van der Waals surface area contributed by atoms with Crippen molar-refractivity contribution in [2.45, 2.75) is 44.6 Å². The van der Waals surface area contributed by atoms with Gasteiger partial charge in [-0.2, -0.15) is 5.10 Å². The zero-order valence-electron chi connectivity index (χ0n) is 10.4. The average molecular weight is 243 g/mol. The van der Waals surface area contributed by atoms with Crippen LogP contribution in [0.15, 0.2) is 23.3 Å². The van der Waals surface area contributed by atoms with Crippen molar-refractivity contribution in [2.24, 2.45) is 5.92 Å². The monoisotopic (exact) mass is 243 g/mol. The number of hydrogen-bond acceptors (Lipinski definition) is 2. The Bertz CT molecular complexity index is 647. The van der Waals surface area contributed by atoms with E-state index in [9.17, 15) is 4.79 Å². The van der Waals surface area contributed by atoms with Crippen LogP contribution in [-0.2, 0) is 6.54 Å². The zero-order valence-corrected chi connectivity index (χ0v) is 10.4. The topological polar surface area (TPSA) is 39.3 Å². The van der Waals surface area contributed by atoms with Gasteiger partial charge >= 0.3 is 0 Å². The van der Waals surface area contributed by atoms with Gasteiger partial charge < -0.3 is 4.57 Å². The fourth-order valence-corrected chi connectivity index (χ4v) is 2.72. The van der Waals surface area contributed by atoms with Crippen LogP contribution in [-0.4, -0.2) is 14.2 Å². The highest BCUT2D eigenvalue weighted by molar-refractivity contribution is 5.46. The Hall–Kier alpha value is -1.58. The third-order valence-electron chi connectivity index (χ3n) is 4.30. The summed E-state index contributed by atoms with van der Waals surface area (Å²) in [5.41, 5.74) is 1.94. The summed E-state index contributed by atoms with van der Waals surface area (Å²) in [5, 5.41) is 4.49. The van der Waals surface area contributed by atoms with Crippen molar-refractivity contribution in [3.8, 4) is 0 Å². The number of aromatic nitrogens is 3. The van der Waals surface area contributed by atoms with Gasteiger partial charge in [-0.25, -0.2) is 4.52 Å². The summed E-state index contributed by atoms with van der Waals surface area (Å²) < 4.78 is 3.60.